The number of amides is 1. The Hall–Kier alpha value is -2.98. The third-order valence-electron chi connectivity index (χ3n) is 5.14. The number of fused-ring (bicyclic) bond motifs is 1. The maximum absolute atomic E-state index is 12.8. The molecule has 1 aliphatic heterocycles. The summed E-state index contributed by atoms with van der Waals surface area (Å²) in [6.07, 6.45) is 4.28. The second kappa shape index (κ2) is 7.37. The Labute approximate surface area is 177 Å². The maximum atomic E-state index is 12.8. The molecule has 0 aliphatic carbocycles. The molecule has 4 aromatic heterocycles. The van der Waals surface area contributed by atoms with Crippen molar-refractivity contribution in [1.82, 2.24) is 24.5 Å². The van der Waals surface area contributed by atoms with Gasteiger partial charge in [0.2, 0.25) is 0 Å². The van der Waals surface area contributed by atoms with E-state index >= 15 is 0 Å². The SMILES string of the molecule is O=C(NCc1cn2ccccc2n1)c1cc(-c2cccs2)n(C2CCS(=O)(=O)C2)n1. The monoisotopic (exact) mass is 441 g/mol. The van der Waals surface area contributed by atoms with E-state index in [2.05, 4.69) is 15.4 Å². The number of nitrogens with zero attached hydrogens (tertiary/aromatic N) is 4. The lowest BCUT2D eigenvalue weighted by Gasteiger charge is -2.12. The van der Waals surface area contributed by atoms with Crippen LogP contribution in [0.1, 0.15) is 28.6 Å². The molecule has 10 heteroatoms. The van der Waals surface area contributed by atoms with Gasteiger partial charge >= 0.3 is 0 Å². The first-order valence-electron chi connectivity index (χ1n) is 9.53. The lowest BCUT2D eigenvalue weighted by atomic mass is 10.2. The van der Waals surface area contributed by atoms with Crippen LogP contribution in [0, 0.1) is 0 Å². The summed E-state index contributed by atoms with van der Waals surface area (Å²) in [5.74, 6) is -0.115. The van der Waals surface area contributed by atoms with Gasteiger partial charge < -0.3 is 9.72 Å². The van der Waals surface area contributed by atoms with Crippen molar-refractivity contribution in [3.8, 4) is 10.6 Å². The number of carbonyl (C=O) groups excluding carboxylic acids is 1. The van der Waals surface area contributed by atoms with Crippen LogP contribution in [0.5, 0.6) is 0 Å². The number of nitrogens with one attached hydrogen (secondary N) is 1. The molecular formula is C20H19N5O3S2. The maximum Gasteiger partial charge on any atom is 0.272 e. The Bertz CT molecular complexity index is 1290. The Kier molecular flexibility index (Phi) is 4.67. The number of aromatic nitrogens is 4. The van der Waals surface area contributed by atoms with E-state index < -0.39 is 9.84 Å². The normalized spacial score (nSPS) is 18.1. The highest BCUT2D eigenvalue weighted by molar-refractivity contribution is 7.91. The number of rotatable bonds is 5. The molecule has 0 radical (unpaired) electrons. The Morgan fingerprint density at radius 3 is 2.90 bits per heavy atom. The van der Waals surface area contributed by atoms with E-state index in [9.17, 15) is 13.2 Å². The zero-order valence-electron chi connectivity index (χ0n) is 15.9. The standard InChI is InChI=1S/C20H19N5O3S2/c26-20(21-11-14-12-24-7-2-1-5-19(24)22-14)16-10-17(18-4-3-8-29-18)25(23-16)15-6-9-30(27,28)13-15/h1-5,7-8,10,12,15H,6,9,11,13H2,(H,21,26). The van der Waals surface area contributed by atoms with Gasteiger partial charge in [-0.25, -0.2) is 13.4 Å². The quantitative estimate of drug-likeness (QED) is 0.513. The smallest absolute Gasteiger partial charge is 0.272 e. The fourth-order valence-electron chi connectivity index (χ4n) is 3.69. The summed E-state index contributed by atoms with van der Waals surface area (Å²) in [5.41, 5.74) is 2.60. The van der Waals surface area contributed by atoms with E-state index in [-0.39, 0.29) is 35.7 Å². The van der Waals surface area contributed by atoms with Gasteiger partial charge in [0.15, 0.2) is 15.5 Å². The van der Waals surface area contributed by atoms with Crippen LogP contribution in [0.25, 0.3) is 16.2 Å². The van der Waals surface area contributed by atoms with E-state index in [4.69, 9.17) is 0 Å². The predicted octanol–water partition coefficient (Wildman–Crippen LogP) is 2.55. The van der Waals surface area contributed by atoms with Crippen LogP contribution in [-0.2, 0) is 16.4 Å². The minimum absolute atomic E-state index is 0.0510. The number of pyridine rings is 1. The number of thiophene rings is 1. The highest BCUT2D eigenvalue weighted by Gasteiger charge is 2.32. The highest BCUT2D eigenvalue weighted by Crippen LogP contribution is 2.32. The average Bonchev–Trinajstić information content (AvgIpc) is 3.49. The summed E-state index contributed by atoms with van der Waals surface area (Å²) in [7, 11) is -3.07. The fourth-order valence-corrected chi connectivity index (χ4v) is 6.12. The summed E-state index contributed by atoms with van der Waals surface area (Å²) in [4.78, 5) is 18.2. The Morgan fingerprint density at radius 2 is 2.17 bits per heavy atom. The van der Waals surface area contributed by atoms with Crippen LogP contribution < -0.4 is 5.32 Å². The van der Waals surface area contributed by atoms with Gasteiger partial charge in [-0.3, -0.25) is 9.48 Å². The van der Waals surface area contributed by atoms with Crippen molar-refractivity contribution >= 4 is 32.7 Å². The summed E-state index contributed by atoms with van der Waals surface area (Å²) in [6, 6.07) is 11.1. The minimum Gasteiger partial charge on any atom is -0.345 e. The molecule has 30 heavy (non-hydrogen) atoms. The van der Waals surface area contributed by atoms with Crippen molar-refractivity contribution < 1.29 is 13.2 Å². The number of hydrogen-bond acceptors (Lipinski definition) is 6. The summed E-state index contributed by atoms with van der Waals surface area (Å²) in [5, 5.41) is 9.30. The number of carbonyl (C=O) groups is 1. The largest absolute Gasteiger partial charge is 0.345 e. The number of sulfone groups is 1. The topological polar surface area (TPSA) is 98.4 Å². The van der Waals surface area contributed by atoms with Crippen LogP contribution in [0.3, 0.4) is 0 Å². The average molecular weight is 442 g/mol. The molecule has 1 unspecified atom stereocenters. The molecule has 5 heterocycles. The van der Waals surface area contributed by atoms with E-state index in [1.807, 2.05) is 52.5 Å². The first-order valence-corrected chi connectivity index (χ1v) is 12.2. The lowest BCUT2D eigenvalue weighted by Crippen LogP contribution is -2.24. The first-order chi connectivity index (χ1) is 14.5. The molecule has 0 bridgehead atoms. The van der Waals surface area contributed by atoms with E-state index in [0.717, 1.165) is 21.9 Å². The van der Waals surface area contributed by atoms with Gasteiger partial charge in [-0.15, -0.1) is 11.3 Å². The second-order valence-corrected chi connectivity index (χ2v) is 10.5. The summed E-state index contributed by atoms with van der Waals surface area (Å²) < 4.78 is 27.5. The van der Waals surface area contributed by atoms with Gasteiger partial charge in [0.25, 0.3) is 5.91 Å². The van der Waals surface area contributed by atoms with Crippen LogP contribution in [0.4, 0.5) is 0 Å². The molecular weight excluding hydrogens is 422 g/mol. The van der Waals surface area contributed by atoms with E-state index in [1.54, 1.807) is 10.7 Å². The molecule has 1 saturated heterocycles. The molecule has 8 nitrogen and oxygen atoms in total. The lowest BCUT2D eigenvalue weighted by molar-refractivity contribution is 0.0944. The van der Waals surface area contributed by atoms with Crippen molar-refractivity contribution in [1.29, 1.82) is 0 Å². The fraction of sp³-hybridized carbons (Fsp3) is 0.250. The van der Waals surface area contributed by atoms with Crippen LogP contribution in [0.15, 0.2) is 54.2 Å². The van der Waals surface area contributed by atoms with Crippen molar-refractivity contribution in [3.05, 3.63) is 65.6 Å². The van der Waals surface area contributed by atoms with Crippen molar-refractivity contribution in [3.63, 3.8) is 0 Å². The van der Waals surface area contributed by atoms with Crippen molar-refractivity contribution in [2.45, 2.75) is 19.0 Å². The van der Waals surface area contributed by atoms with E-state index in [1.165, 1.54) is 11.3 Å². The molecule has 0 aromatic carbocycles. The van der Waals surface area contributed by atoms with Crippen molar-refractivity contribution in [2.24, 2.45) is 0 Å². The Morgan fingerprint density at radius 1 is 1.27 bits per heavy atom. The third kappa shape index (κ3) is 3.63. The molecule has 5 rings (SSSR count). The molecule has 154 valence electrons. The molecule has 0 spiro atoms. The summed E-state index contributed by atoms with van der Waals surface area (Å²) in [6.45, 7) is 0.277. The van der Waals surface area contributed by atoms with Crippen LogP contribution >= 0.6 is 11.3 Å². The van der Waals surface area contributed by atoms with Gasteiger partial charge in [-0.1, -0.05) is 12.1 Å². The minimum atomic E-state index is -3.07. The zero-order chi connectivity index (χ0) is 20.7. The highest BCUT2D eigenvalue weighted by atomic mass is 32.2. The molecule has 1 aliphatic rings. The number of imidazole rings is 1. The third-order valence-corrected chi connectivity index (χ3v) is 7.78. The first kappa shape index (κ1) is 19.0. The Balaban J connectivity index is 1.39. The van der Waals surface area contributed by atoms with Crippen LogP contribution in [-0.4, -0.2) is 45.0 Å². The van der Waals surface area contributed by atoms with Gasteiger partial charge in [0.05, 0.1) is 40.4 Å². The molecule has 0 saturated carbocycles. The molecule has 1 N–H and O–H groups in total. The number of hydrogen-bond donors (Lipinski definition) is 1. The molecule has 1 atom stereocenters. The van der Waals surface area contributed by atoms with Crippen molar-refractivity contribution in [2.75, 3.05) is 11.5 Å². The van der Waals surface area contributed by atoms with Gasteiger partial charge in [0, 0.05) is 12.4 Å². The molecule has 1 amide bonds. The van der Waals surface area contributed by atoms with Gasteiger partial charge in [0.1, 0.15) is 5.65 Å². The van der Waals surface area contributed by atoms with Gasteiger partial charge in [-0.05, 0) is 36.1 Å². The van der Waals surface area contributed by atoms with E-state index in [0.29, 0.717) is 6.42 Å². The molecule has 1 fully saturated rings. The predicted molar refractivity (Wildman–Crippen MR) is 114 cm³/mol. The second-order valence-electron chi connectivity index (χ2n) is 7.27. The summed E-state index contributed by atoms with van der Waals surface area (Å²) >= 11 is 1.53. The zero-order valence-corrected chi connectivity index (χ0v) is 17.6. The van der Waals surface area contributed by atoms with Crippen LogP contribution in [0.2, 0.25) is 0 Å². The molecule has 4 aromatic rings. The van der Waals surface area contributed by atoms with Gasteiger partial charge in [-0.2, -0.15) is 5.10 Å².